The Hall–Kier alpha value is -1.53. The van der Waals surface area contributed by atoms with Crippen LogP contribution < -0.4 is 16.2 Å². The molecule has 5 N–H and O–H groups in total. The largest absolute Gasteiger partial charge is 0.399 e. The van der Waals surface area contributed by atoms with Gasteiger partial charge in [-0.05, 0) is 50.3 Å². The second kappa shape index (κ2) is 6.28. The molecule has 110 valence electrons. The van der Waals surface area contributed by atoms with Crippen LogP contribution in [-0.2, 0) is 10.0 Å². The third-order valence-corrected chi connectivity index (χ3v) is 4.31. The summed E-state index contributed by atoms with van der Waals surface area (Å²) in [6.07, 6.45) is 8.16. The van der Waals surface area contributed by atoms with Gasteiger partial charge in [-0.2, -0.15) is 0 Å². The first-order valence-electron chi connectivity index (χ1n) is 6.80. The molecule has 0 amide bonds. The van der Waals surface area contributed by atoms with Gasteiger partial charge in [0.15, 0.2) is 0 Å². The third kappa shape index (κ3) is 4.25. The minimum absolute atomic E-state index is 0.0388. The molecular weight excluding hydrogens is 274 g/mol. The van der Waals surface area contributed by atoms with Crippen LogP contribution in [0.1, 0.15) is 32.1 Å². The molecule has 0 radical (unpaired) electrons. The molecule has 0 saturated heterocycles. The SMILES string of the molecule is Nc1cc(NCCC2=CCCCC2)cc(S(N)(=O)=O)c1. The molecule has 0 bridgehead atoms. The maximum Gasteiger partial charge on any atom is 0.238 e. The molecule has 20 heavy (non-hydrogen) atoms. The Labute approximate surface area is 120 Å². The summed E-state index contributed by atoms with van der Waals surface area (Å²) in [5, 5.41) is 8.32. The Morgan fingerprint density at radius 3 is 2.65 bits per heavy atom. The molecule has 0 heterocycles. The van der Waals surface area contributed by atoms with Gasteiger partial charge in [-0.15, -0.1) is 0 Å². The lowest BCUT2D eigenvalue weighted by molar-refractivity contribution is 0.598. The van der Waals surface area contributed by atoms with Crippen molar-refractivity contribution in [2.75, 3.05) is 17.6 Å². The number of primary sulfonamides is 1. The number of nitrogen functional groups attached to an aromatic ring is 1. The minimum Gasteiger partial charge on any atom is -0.399 e. The van der Waals surface area contributed by atoms with Gasteiger partial charge in [-0.3, -0.25) is 0 Å². The second-order valence-corrected chi connectivity index (χ2v) is 6.68. The first kappa shape index (κ1) is 14.9. The molecule has 1 aliphatic rings. The van der Waals surface area contributed by atoms with E-state index in [1.165, 1.54) is 43.4 Å². The normalized spacial score (nSPS) is 15.8. The van der Waals surface area contributed by atoms with Crippen LogP contribution in [-0.4, -0.2) is 15.0 Å². The van der Waals surface area contributed by atoms with Crippen molar-refractivity contribution in [1.82, 2.24) is 0 Å². The van der Waals surface area contributed by atoms with Gasteiger partial charge in [0.2, 0.25) is 10.0 Å². The topological polar surface area (TPSA) is 98.2 Å². The summed E-state index contributed by atoms with van der Waals surface area (Å²) in [4.78, 5) is 0.0388. The Balaban J connectivity index is 1.99. The van der Waals surface area contributed by atoms with Crippen LogP contribution in [0.15, 0.2) is 34.7 Å². The molecule has 0 aliphatic heterocycles. The van der Waals surface area contributed by atoms with Crippen LogP contribution in [0, 0.1) is 0 Å². The van der Waals surface area contributed by atoms with Crippen LogP contribution in [0.25, 0.3) is 0 Å². The van der Waals surface area contributed by atoms with E-state index in [0.29, 0.717) is 11.4 Å². The van der Waals surface area contributed by atoms with Gasteiger partial charge in [-0.1, -0.05) is 11.6 Å². The van der Waals surface area contributed by atoms with E-state index < -0.39 is 10.0 Å². The van der Waals surface area contributed by atoms with Crippen molar-refractivity contribution in [3.05, 3.63) is 29.8 Å². The fraction of sp³-hybridized carbons (Fsp3) is 0.429. The van der Waals surface area contributed by atoms with E-state index in [-0.39, 0.29) is 4.90 Å². The number of sulfonamides is 1. The number of nitrogens with one attached hydrogen (secondary N) is 1. The average molecular weight is 295 g/mol. The highest BCUT2D eigenvalue weighted by molar-refractivity contribution is 7.89. The van der Waals surface area contributed by atoms with E-state index in [1.807, 2.05) is 0 Å². The smallest absolute Gasteiger partial charge is 0.238 e. The van der Waals surface area contributed by atoms with Gasteiger partial charge in [0.1, 0.15) is 0 Å². The molecule has 0 atom stereocenters. The monoisotopic (exact) mass is 295 g/mol. The van der Waals surface area contributed by atoms with E-state index >= 15 is 0 Å². The second-order valence-electron chi connectivity index (χ2n) is 5.12. The van der Waals surface area contributed by atoms with E-state index in [9.17, 15) is 8.42 Å². The first-order valence-corrected chi connectivity index (χ1v) is 8.35. The lowest BCUT2D eigenvalue weighted by Crippen LogP contribution is -2.13. The number of anilines is 2. The predicted molar refractivity (Wildman–Crippen MR) is 81.9 cm³/mol. The summed E-state index contributed by atoms with van der Waals surface area (Å²) < 4.78 is 22.7. The quantitative estimate of drug-likeness (QED) is 0.573. The summed E-state index contributed by atoms with van der Waals surface area (Å²) in [7, 11) is -3.72. The summed E-state index contributed by atoms with van der Waals surface area (Å²) in [5.41, 5.74) is 8.24. The van der Waals surface area contributed by atoms with Crippen molar-refractivity contribution >= 4 is 21.4 Å². The van der Waals surface area contributed by atoms with E-state index in [2.05, 4.69) is 11.4 Å². The van der Waals surface area contributed by atoms with Gasteiger partial charge >= 0.3 is 0 Å². The standard InChI is InChI=1S/C14H21N3O2S/c15-12-8-13(10-14(9-12)20(16,18)19)17-7-6-11-4-2-1-3-5-11/h4,8-10,17H,1-3,5-7,15H2,(H2,16,18,19). The van der Waals surface area contributed by atoms with Crippen molar-refractivity contribution < 1.29 is 8.42 Å². The highest BCUT2D eigenvalue weighted by Gasteiger charge is 2.10. The summed E-state index contributed by atoms with van der Waals surface area (Å²) >= 11 is 0. The van der Waals surface area contributed by atoms with Crippen LogP contribution in [0.5, 0.6) is 0 Å². The molecule has 6 heteroatoms. The molecule has 2 rings (SSSR count). The minimum atomic E-state index is -3.72. The van der Waals surface area contributed by atoms with Gasteiger partial charge in [0, 0.05) is 17.9 Å². The highest BCUT2D eigenvalue weighted by Crippen LogP contribution is 2.22. The third-order valence-electron chi connectivity index (χ3n) is 3.42. The molecule has 1 aromatic carbocycles. The molecule has 0 fully saturated rings. The fourth-order valence-electron chi connectivity index (χ4n) is 2.39. The average Bonchev–Trinajstić information content (AvgIpc) is 2.38. The summed E-state index contributed by atoms with van der Waals surface area (Å²) in [5.74, 6) is 0. The zero-order chi connectivity index (χ0) is 14.6. The van der Waals surface area contributed by atoms with Gasteiger partial charge in [0.25, 0.3) is 0 Å². The van der Waals surface area contributed by atoms with Crippen LogP contribution >= 0.6 is 0 Å². The zero-order valence-electron chi connectivity index (χ0n) is 11.4. The Morgan fingerprint density at radius 2 is 2.00 bits per heavy atom. The summed E-state index contributed by atoms with van der Waals surface area (Å²) in [6, 6.07) is 4.59. The van der Waals surface area contributed by atoms with Crippen molar-refractivity contribution in [3.8, 4) is 0 Å². The van der Waals surface area contributed by atoms with E-state index in [4.69, 9.17) is 10.9 Å². The van der Waals surface area contributed by atoms with Crippen molar-refractivity contribution in [2.24, 2.45) is 5.14 Å². The van der Waals surface area contributed by atoms with Crippen molar-refractivity contribution in [1.29, 1.82) is 0 Å². The molecule has 1 aromatic rings. The molecule has 0 unspecified atom stereocenters. The molecular formula is C14H21N3O2S. The number of benzene rings is 1. The zero-order valence-corrected chi connectivity index (χ0v) is 12.2. The van der Waals surface area contributed by atoms with Crippen LogP contribution in [0.2, 0.25) is 0 Å². The van der Waals surface area contributed by atoms with E-state index in [0.717, 1.165) is 13.0 Å². The lowest BCUT2D eigenvalue weighted by Gasteiger charge is -2.14. The van der Waals surface area contributed by atoms with Crippen molar-refractivity contribution in [2.45, 2.75) is 37.0 Å². The van der Waals surface area contributed by atoms with Crippen molar-refractivity contribution in [3.63, 3.8) is 0 Å². The lowest BCUT2D eigenvalue weighted by atomic mass is 9.97. The Bertz CT molecular complexity index is 609. The first-order chi connectivity index (χ1) is 9.45. The van der Waals surface area contributed by atoms with Gasteiger partial charge < -0.3 is 11.1 Å². The number of hydrogen-bond acceptors (Lipinski definition) is 4. The highest BCUT2D eigenvalue weighted by atomic mass is 32.2. The Morgan fingerprint density at radius 1 is 1.20 bits per heavy atom. The fourth-order valence-corrected chi connectivity index (χ4v) is 2.98. The summed E-state index contributed by atoms with van der Waals surface area (Å²) in [6.45, 7) is 0.763. The maximum absolute atomic E-state index is 11.3. The number of hydrogen-bond donors (Lipinski definition) is 3. The number of rotatable bonds is 5. The molecule has 0 aromatic heterocycles. The molecule has 0 saturated carbocycles. The van der Waals surface area contributed by atoms with Gasteiger partial charge in [-0.25, -0.2) is 13.6 Å². The number of nitrogens with two attached hydrogens (primary N) is 2. The predicted octanol–water partition coefficient (Wildman–Crippen LogP) is 2.22. The Kier molecular flexibility index (Phi) is 4.67. The van der Waals surface area contributed by atoms with Crippen LogP contribution in [0.3, 0.4) is 0 Å². The number of allylic oxidation sites excluding steroid dienone is 1. The molecule has 0 spiro atoms. The van der Waals surface area contributed by atoms with Gasteiger partial charge in [0.05, 0.1) is 4.90 Å². The van der Waals surface area contributed by atoms with E-state index in [1.54, 1.807) is 6.07 Å². The van der Waals surface area contributed by atoms with Crippen LogP contribution in [0.4, 0.5) is 11.4 Å². The molecule has 5 nitrogen and oxygen atoms in total. The molecule has 1 aliphatic carbocycles. The maximum atomic E-state index is 11.3.